The fraction of sp³-hybridized carbons (Fsp3) is 0.105. The predicted molar refractivity (Wildman–Crippen MR) is 188 cm³/mol. The first-order valence-corrected chi connectivity index (χ1v) is 16.7. The first kappa shape index (κ1) is 33.3. The monoisotopic (exact) mass is 731 g/mol. The molecule has 2 heterocycles. The second-order valence-corrected chi connectivity index (χ2v) is 13.0. The number of halogens is 1. The number of imide groups is 1. The lowest BCUT2D eigenvalue weighted by atomic mass is 9.99. The van der Waals surface area contributed by atoms with Crippen molar-refractivity contribution in [2.45, 2.75) is 16.7 Å². The number of ether oxygens (including phenoxy) is 2. The van der Waals surface area contributed by atoms with Gasteiger partial charge in [0.05, 0.1) is 34.9 Å². The number of amides is 2. The fourth-order valence-corrected chi connectivity index (χ4v) is 6.64. The highest BCUT2D eigenvalue weighted by Gasteiger charge is 2.41. The smallest absolute Gasteiger partial charge is 0.338 e. The van der Waals surface area contributed by atoms with Crippen LogP contribution in [-0.4, -0.2) is 47.5 Å². The van der Waals surface area contributed by atoms with Crippen LogP contribution in [0.3, 0.4) is 0 Å². The Hall–Kier alpha value is -5.57. The first-order valence-electron chi connectivity index (χ1n) is 15.0. The van der Waals surface area contributed by atoms with Crippen molar-refractivity contribution in [2.24, 2.45) is 0 Å². The third-order valence-electron chi connectivity index (χ3n) is 7.79. The molecule has 0 aliphatic carbocycles. The van der Waals surface area contributed by atoms with E-state index >= 15 is 0 Å². The molecule has 1 fully saturated rings. The Labute approximate surface area is 294 Å². The van der Waals surface area contributed by atoms with Gasteiger partial charge in [0.1, 0.15) is 16.8 Å². The molecule has 4 aromatic carbocycles. The van der Waals surface area contributed by atoms with Crippen molar-refractivity contribution in [1.29, 1.82) is 5.26 Å². The molecular formula is C38H26BrN3O6S. The average Bonchev–Trinajstić information content (AvgIpc) is 3.42. The largest absolute Gasteiger partial charge is 0.497 e. The maximum Gasteiger partial charge on any atom is 0.338 e. The van der Waals surface area contributed by atoms with Crippen LogP contribution >= 0.6 is 27.7 Å². The molecule has 1 atom stereocenters. The van der Waals surface area contributed by atoms with Crippen LogP contribution in [-0.2, 0) is 14.3 Å². The summed E-state index contributed by atoms with van der Waals surface area (Å²) in [5.74, 6) is -1.29. The van der Waals surface area contributed by atoms with Gasteiger partial charge in [0.15, 0.2) is 12.4 Å². The third-order valence-corrected chi connectivity index (χ3v) is 9.49. The van der Waals surface area contributed by atoms with E-state index in [0.29, 0.717) is 27.6 Å². The Morgan fingerprint density at radius 1 is 0.918 bits per heavy atom. The lowest BCUT2D eigenvalue weighted by Crippen LogP contribution is -2.31. The summed E-state index contributed by atoms with van der Waals surface area (Å²) in [4.78, 5) is 57.8. The van der Waals surface area contributed by atoms with E-state index in [2.05, 4.69) is 22.0 Å². The van der Waals surface area contributed by atoms with E-state index in [0.717, 1.165) is 32.3 Å². The van der Waals surface area contributed by atoms with Crippen LogP contribution in [0.4, 0.5) is 5.69 Å². The van der Waals surface area contributed by atoms with Crippen LogP contribution < -0.4 is 9.64 Å². The highest BCUT2D eigenvalue weighted by molar-refractivity contribution is 9.10. The van der Waals surface area contributed by atoms with Gasteiger partial charge in [-0.25, -0.2) is 14.7 Å². The number of esters is 1. The highest BCUT2D eigenvalue weighted by atomic mass is 79.9. The van der Waals surface area contributed by atoms with E-state index < -0.39 is 29.6 Å². The number of ketones is 1. The molecule has 49 heavy (non-hydrogen) atoms. The lowest BCUT2D eigenvalue weighted by molar-refractivity contribution is -0.121. The third kappa shape index (κ3) is 7.31. The Kier molecular flexibility index (Phi) is 9.99. The normalized spacial score (nSPS) is 14.0. The molecule has 2 amide bonds. The molecule has 1 aromatic heterocycles. The molecule has 1 aliphatic heterocycles. The molecule has 6 rings (SSSR count). The summed E-state index contributed by atoms with van der Waals surface area (Å²) in [6.07, 6.45) is -0.106. The number of nitrogens with zero attached hydrogens (tertiary/aromatic N) is 3. The summed E-state index contributed by atoms with van der Waals surface area (Å²) in [7, 11) is 1.58. The van der Waals surface area contributed by atoms with Crippen LogP contribution in [0.5, 0.6) is 5.75 Å². The van der Waals surface area contributed by atoms with E-state index in [4.69, 9.17) is 14.5 Å². The number of thioether (sulfide) groups is 1. The molecule has 0 bridgehead atoms. The van der Waals surface area contributed by atoms with Gasteiger partial charge in [-0.2, -0.15) is 5.26 Å². The number of anilines is 1. The number of hydrogen-bond donors (Lipinski definition) is 0. The molecular weight excluding hydrogens is 706 g/mol. The van der Waals surface area contributed by atoms with Crippen LogP contribution in [0.1, 0.15) is 32.7 Å². The van der Waals surface area contributed by atoms with Crippen molar-refractivity contribution in [1.82, 2.24) is 4.98 Å². The summed E-state index contributed by atoms with van der Waals surface area (Å²) in [5.41, 5.74) is 3.98. The van der Waals surface area contributed by atoms with Crippen LogP contribution in [0, 0.1) is 11.3 Å². The number of carbonyl (C=O) groups excluding carboxylic acids is 4. The number of hydrogen-bond acceptors (Lipinski definition) is 9. The number of Topliss-reactive ketones (excluding diaryl/α,β-unsaturated/α-hetero) is 1. The van der Waals surface area contributed by atoms with Crippen molar-refractivity contribution < 1.29 is 28.7 Å². The number of nitriles is 1. The standard InChI is InChI=1S/C38H26BrN3O6S/c1-47-29-17-11-23(12-18-29)30-19-32(24-5-3-2-4-6-24)41-36(31(30)21-40)49-34-20-35(44)42(37(34)45)28-15-9-26(10-16-28)38(46)48-22-33(43)25-7-13-27(39)14-8-25/h2-19,34H,20,22H2,1H3. The number of pyridine rings is 1. The Morgan fingerprint density at radius 3 is 2.24 bits per heavy atom. The van der Waals surface area contributed by atoms with E-state index in [1.54, 1.807) is 43.5 Å². The molecule has 0 radical (unpaired) electrons. The SMILES string of the molecule is COc1ccc(-c2cc(-c3ccccc3)nc(SC3CC(=O)N(c4ccc(C(=O)OCC(=O)c5ccc(Br)cc5)cc4)C3=O)c2C#N)cc1. The zero-order chi connectivity index (χ0) is 34.5. The van der Waals surface area contributed by atoms with Crippen molar-refractivity contribution >= 4 is 56.9 Å². The fourth-order valence-electron chi connectivity index (χ4n) is 5.25. The zero-order valence-corrected chi connectivity index (χ0v) is 28.4. The van der Waals surface area contributed by atoms with Gasteiger partial charge < -0.3 is 9.47 Å². The molecule has 1 unspecified atom stereocenters. The second kappa shape index (κ2) is 14.7. The summed E-state index contributed by atoms with van der Waals surface area (Å²) < 4.78 is 11.3. The van der Waals surface area contributed by atoms with Crippen molar-refractivity contribution in [2.75, 3.05) is 18.6 Å². The molecule has 0 spiro atoms. The maximum absolute atomic E-state index is 13.7. The molecule has 11 heteroatoms. The maximum atomic E-state index is 13.7. The Balaban J connectivity index is 1.21. The molecule has 0 N–H and O–H groups in total. The van der Waals surface area contributed by atoms with Gasteiger partial charge in [-0.3, -0.25) is 14.4 Å². The Bertz CT molecular complexity index is 2100. The van der Waals surface area contributed by atoms with E-state index in [9.17, 15) is 24.4 Å². The van der Waals surface area contributed by atoms with Crippen LogP contribution in [0.25, 0.3) is 22.4 Å². The number of aromatic nitrogens is 1. The number of carbonyl (C=O) groups is 4. The van der Waals surface area contributed by atoms with E-state index in [1.165, 1.54) is 24.3 Å². The van der Waals surface area contributed by atoms with Crippen molar-refractivity contribution in [3.05, 3.63) is 130 Å². The van der Waals surface area contributed by atoms with E-state index in [1.807, 2.05) is 48.5 Å². The summed E-state index contributed by atoms with van der Waals surface area (Å²) in [6.45, 7) is -0.436. The van der Waals surface area contributed by atoms with Gasteiger partial charge in [-0.15, -0.1) is 0 Å². The summed E-state index contributed by atoms with van der Waals surface area (Å²) >= 11 is 4.39. The predicted octanol–water partition coefficient (Wildman–Crippen LogP) is 7.52. The van der Waals surface area contributed by atoms with Gasteiger partial charge >= 0.3 is 5.97 Å². The molecule has 0 saturated carbocycles. The van der Waals surface area contributed by atoms with Gasteiger partial charge in [-0.05, 0) is 60.2 Å². The molecule has 1 aliphatic rings. The molecule has 1 saturated heterocycles. The average molecular weight is 733 g/mol. The highest BCUT2D eigenvalue weighted by Crippen LogP contribution is 2.39. The minimum atomic E-state index is -0.837. The molecule has 5 aromatic rings. The van der Waals surface area contributed by atoms with Crippen LogP contribution in [0.15, 0.2) is 119 Å². The van der Waals surface area contributed by atoms with Gasteiger partial charge in [-0.1, -0.05) is 82.3 Å². The van der Waals surface area contributed by atoms with Gasteiger partial charge in [0, 0.05) is 27.6 Å². The zero-order valence-electron chi connectivity index (χ0n) is 26.0. The van der Waals surface area contributed by atoms with Gasteiger partial charge in [0.25, 0.3) is 0 Å². The Morgan fingerprint density at radius 2 is 1.59 bits per heavy atom. The van der Waals surface area contributed by atoms with Gasteiger partial charge in [0.2, 0.25) is 11.8 Å². The van der Waals surface area contributed by atoms with Crippen molar-refractivity contribution in [3.63, 3.8) is 0 Å². The number of benzene rings is 4. The minimum absolute atomic E-state index is 0.106. The number of methoxy groups -OCH3 is 1. The first-order chi connectivity index (χ1) is 23.7. The van der Waals surface area contributed by atoms with Crippen LogP contribution in [0.2, 0.25) is 0 Å². The van der Waals surface area contributed by atoms with E-state index in [-0.39, 0.29) is 29.0 Å². The topological polar surface area (TPSA) is 127 Å². The summed E-state index contributed by atoms with van der Waals surface area (Å²) in [6, 6.07) is 33.4. The second-order valence-electron chi connectivity index (χ2n) is 10.9. The lowest BCUT2D eigenvalue weighted by Gasteiger charge is -2.16. The minimum Gasteiger partial charge on any atom is -0.497 e. The quantitative estimate of drug-likeness (QED) is 0.0814. The summed E-state index contributed by atoms with van der Waals surface area (Å²) in [5, 5.41) is 9.80. The number of rotatable bonds is 10. The molecule has 242 valence electrons. The van der Waals surface area contributed by atoms with Crippen molar-refractivity contribution in [3.8, 4) is 34.2 Å². The molecule has 9 nitrogen and oxygen atoms in total.